The minimum atomic E-state index is -4.76. The highest BCUT2D eigenvalue weighted by atomic mass is 35.5. The average Bonchev–Trinajstić information content (AvgIpc) is 2.29. The quantitative estimate of drug-likeness (QED) is 0.834. The number of hydrogen-bond acceptors (Lipinski definition) is 2. The third-order valence-corrected chi connectivity index (χ3v) is 2.90. The molecule has 0 aliphatic rings. The van der Waals surface area contributed by atoms with Gasteiger partial charge in [-0.3, -0.25) is 0 Å². The molecule has 19 heavy (non-hydrogen) atoms. The van der Waals surface area contributed by atoms with Crippen molar-refractivity contribution in [3.63, 3.8) is 0 Å². The first-order chi connectivity index (χ1) is 8.20. The molecule has 2 nitrogen and oxygen atoms in total. The molecule has 0 aromatic heterocycles. The van der Waals surface area contributed by atoms with E-state index in [0.717, 1.165) is 6.07 Å². The summed E-state index contributed by atoms with van der Waals surface area (Å²) in [6.07, 6.45) is -5.94. The molecule has 0 fully saturated rings. The van der Waals surface area contributed by atoms with Crippen LogP contribution in [0.3, 0.4) is 0 Å². The molecule has 0 saturated carbocycles. The van der Waals surface area contributed by atoms with Gasteiger partial charge < -0.3 is 10.8 Å². The van der Waals surface area contributed by atoms with Crippen LogP contribution in [0.4, 0.5) is 17.6 Å². The molecule has 2 atom stereocenters. The summed E-state index contributed by atoms with van der Waals surface area (Å²) in [6, 6.07) is -0.0117. The zero-order valence-electron chi connectivity index (χ0n) is 9.84. The SMILES string of the molecule is CC[C@@H](O)[C@@H](N)c1c(C(F)(F)F)ccc(Cl)c1F.Cl. The van der Waals surface area contributed by atoms with Crippen molar-refractivity contribution in [2.45, 2.75) is 31.7 Å². The fourth-order valence-corrected chi connectivity index (χ4v) is 1.75. The fraction of sp³-hybridized carbons (Fsp3) is 0.455. The van der Waals surface area contributed by atoms with Crippen molar-refractivity contribution in [2.75, 3.05) is 0 Å². The van der Waals surface area contributed by atoms with Gasteiger partial charge in [0.1, 0.15) is 5.82 Å². The van der Waals surface area contributed by atoms with Crippen molar-refractivity contribution in [3.8, 4) is 0 Å². The lowest BCUT2D eigenvalue weighted by Crippen LogP contribution is -2.29. The van der Waals surface area contributed by atoms with Gasteiger partial charge in [-0.25, -0.2) is 4.39 Å². The summed E-state index contributed by atoms with van der Waals surface area (Å²) in [7, 11) is 0. The standard InChI is InChI=1S/C11H12ClF4NO.ClH/c1-2-7(18)10(17)8-5(11(14,15)16)3-4-6(12)9(8)13;/h3-4,7,10,18H,2,17H2,1H3;1H/t7-,10-;/m1./s1. The topological polar surface area (TPSA) is 46.2 Å². The molecule has 0 amide bonds. The summed E-state index contributed by atoms with van der Waals surface area (Å²) in [5, 5.41) is 9.02. The van der Waals surface area contributed by atoms with Crippen LogP contribution in [0.5, 0.6) is 0 Å². The second-order valence-corrected chi connectivity index (χ2v) is 4.23. The molecular formula is C11H13Cl2F4NO. The van der Waals surface area contributed by atoms with Crippen LogP contribution in [0.15, 0.2) is 12.1 Å². The normalized spacial score (nSPS) is 14.7. The molecule has 110 valence electrons. The Morgan fingerprint density at radius 3 is 2.32 bits per heavy atom. The van der Waals surface area contributed by atoms with E-state index >= 15 is 0 Å². The van der Waals surface area contributed by atoms with Crippen LogP contribution in [0.25, 0.3) is 0 Å². The molecule has 0 aliphatic heterocycles. The van der Waals surface area contributed by atoms with Gasteiger partial charge in [0, 0.05) is 5.56 Å². The van der Waals surface area contributed by atoms with Crippen LogP contribution in [-0.4, -0.2) is 11.2 Å². The Balaban J connectivity index is 0.00000324. The van der Waals surface area contributed by atoms with E-state index in [-0.39, 0.29) is 18.8 Å². The molecular weight excluding hydrogens is 309 g/mol. The predicted octanol–water partition coefficient (Wildman–Crippen LogP) is 3.69. The molecule has 1 rings (SSSR count). The van der Waals surface area contributed by atoms with Gasteiger partial charge in [-0.15, -0.1) is 12.4 Å². The molecule has 8 heteroatoms. The molecule has 1 aromatic rings. The molecule has 0 heterocycles. The third kappa shape index (κ3) is 3.95. The first-order valence-corrected chi connectivity index (χ1v) is 5.56. The van der Waals surface area contributed by atoms with Crippen LogP contribution in [-0.2, 0) is 6.18 Å². The maximum Gasteiger partial charge on any atom is 0.416 e. The van der Waals surface area contributed by atoms with Crippen molar-refractivity contribution >= 4 is 24.0 Å². The molecule has 1 aromatic carbocycles. The van der Waals surface area contributed by atoms with Gasteiger partial charge in [0.15, 0.2) is 0 Å². The second-order valence-electron chi connectivity index (χ2n) is 3.82. The predicted molar refractivity (Wildman–Crippen MR) is 66.9 cm³/mol. The molecule has 0 bridgehead atoms. The summed E-state index contributed by atoms with van der Waals surface area (Å²) in [5.41, 5.74) is 3.45. The molecule has 0 radical (unpaired) electrons. The second kappa shape index (κ2) is 6.74. The molecule has 0 unspecified atom stereocenters. The van der Waals surface area contributed by atoms with E-state index < -0.39 is 40.3 Å². The van der Waals surface area contributed by atoms with Crippen LogP contribution in [0, 0.1) is 5.82 Å². The van der Waals surface area contributed by atoms with Crippen molar-refractivity contribution in [1.82, 2.24) is 0 Å². The summed E-state index contributed by atoms with van der Waals surface area (Å²) in [4.78, 5) is 0. The summed E-state index contributed by atoms with van der Waals surface area (Å²) >= 11 is 5.45. The highest BCUT2D eigenvalue weighted by Gasteiger charge is 2.38. The highest BCUT2D eigenvalue weighted by Crippen LogP contribution is 2.38. The van der Waals surface area contributed by atoms with Gasteiger partial charge in [0.25, 0.3) is 0 Å². The lowest BCUT2D eigenvalue weighted by Gasteiger charge is -2.23. The van der Waals surface area contributed by atoms with Crippen LogP contribution < -0.4 is 5.73 Å². The van der Waals surface area contributed by atoms with Crippen molar-refractivity contribution in [3.05, 3.63) is 34.1 Å². The zero-order chi connectivity index (χ0) is 14.1. The van der Waals surface area contributed by atoms with Crippen LogP contribution in [0.2, 0.25) is 5.02 Å². The minimum absolute atomic E-state index is 0. The van der Waals surface area contributed by atoms with E-state index in [1.165, 1.54) is 6.92 Å². The monoisotopic (exact) mass is 321 g/mol. The van der Waals surface area contributed by atoms with E-state index in [9.17, 15) is 22.7 Å². The highest BCUT2D eigenvalue weighted by molar-refractivity contribution is 6.30. The molecule has 0 aliphatic carbocycles. The number of benzene rings is 1. The number of alkyl halides is 3. The van der Waals surface area contributed by atoms with E-state index in [1.807, 2.05) is 0 Å². The third-order valence-electron chi connectivity index (χ3n) is 2.60. The first-order valence-electron chi connectivity index (χ1n) is 5.18. The van der Waals surface area contributed by atoms with Crippen LogP contribution >= 0.6 is 24.0 Å². The fourth-order valence-electron chi connectivity index (χ4n) is 1.59. The Kier molecular flexibility index (Phi) is 6.54. The molecule has 0 spiro atoms. The molecule has 3 N–H and O–H groups in total. The van der Waals surface area contributed by atoms with Gasteiger partial charge in [-0.1, -0.05) is 18.5 Å². The number of rotatable bonds is 3. The zero-order valence-corrected chi connectivity index (χ0v) is 11.4. The largest absolute Gasteiger partial charge is 0.416 e. The van der Waals surface area contributed by atoms with Crippen LogP contribution in [0.1, 0.15) is 30.5 Å². The van der Waals surface area contributed by atoms with Gasteiger partial charge in [0.05, 0.1) is 22.7 Å². The number of aliphatic hydroxyl groups excluding tert-OH is 1. The summed E-state index contributed by atoms with van der Waals surface area (Å²) in [5.74, 6) is -1.24. The average molecular weight is 322 g/mol. The lowest BCUT2D eigenvalue weighted by atomic mass is 9.94. The Labute approximate surface area is 119 Å². The number of halogens is 6. The van der Waals surface area contributed by atoms with E-state index in [0.29, 0.717) is 6.07 Å². The number of nitrogens with two attached hydrogens (primary N) is 1. The van der Waals surface area contributed by atoms with Gasteiger partial charge in [0.2, 0.25) is 0 Å². The Morgan fingerprint density at radius 1 is 1.37 bits per heavy atom. The van der Waals surface area contributed by atoms with Crippen molar-refractivity contribution < 1.29 is 22.7 Å². The maximum atomic E-state index is 13.7. The summed E-state index contributed by atoms with van der Waals surface area (Å²) in [6.45, 7) is 1.53. The van der Waals surface area contributed by atoms with Gasteiger partial charge >= 0.3 is 6.18 Å². The van der Waals surface area contributed by atoms with Crippen molar-refractivity contribution in [1.29, 1.82) is 0 Å². The smallest absolute Gasteiger partial charge is 0.391 e. The Bertz CT molecular complexity index is 439. The van der Waals surface area contributed by atoms with E-state index in [1.54, 1.807) is 0 Å². The number of hydrogen-bond donors (Lipinski definition) is 2. The molecule has 0 saturated heterocycles. The van der Waals surface area contributed by atoms with Gasteiger partial charge in [-0.2, -0.15) is 13.2 Å². The minimum Gasteiger partial charge on any atom is -0.391 e. The van der Waals surface area contributed by atoms with Gasteiger partial charge in [-0.05, 0) is 18.6 Å². The maximum absolute atomic E-state index is 13.7. The van der Waals surface area contributed by atoms with E-state index in [2.05, 4.69) is 0 Å². The Hall–Kier alpha value is -0.560. The summed E-state index contributed by atoms with van der Waals surface area (Å²) < 4.78 is 51.9. The first kappa shape index (κ1) is 18.4. The Morgan fingerprint density at radius 2 is 1.89 bits per heavy atom. The van der Waals surface area contributed by atoms with E-state index in [4.69, 9.17) is 17.3 Å². The number of aliphatic hydroxyl groups is 1. The van der Waals surface area contributed by atoms with Crippen molar-refractivity contribution in [2.24, 2.45) is 5.73 Å². The lowest BCUT2D eigenvalue weighted by molar-refractivity contribution is -0.138.